The van der Waals surface area contributed by atoms with Crippen LogP contribution in [0.3, 0.4) is 0 Å². The van der Waals surface area contributed by atoms with Gasteiger partial charge < -0.3 is 20.5 Å². The highest BCUT2D eigenvalue weighted by atomic mass is 16.5. The van der Waals surface area contributed by atoms with Crippen LogP contribution in [0.1, 0.15) is 49.7 Å². The molecule has 0 fully saturated rings. The number of amides is 2. The normalized spacial score (nSPS) is 19.3. The van der Waals surface area contributed by atoms with Crippen molar-refractivity contribution in [1.29, 1.82) is 0 Å². The topological polar surface area (TPSA) is 105 Å². The van der Waals surface area contributed by atoms with E-state index < -0.39 is 18.0 Å². The first-order chi connectivity index (χ1) is 16.9. The SMILES string of the molecule is CC(CCC(=O)N[C@H]1C=CC[C@H](C(=O)O)C1)CNC(=O)OCC1c2ccccc2-c2ccccc21. The van der Waals surface area contributed by atoms with Gasteiger partial charge in [-0.25, -0.2) is 4.79 Å². The zero-order chi connectivity index (χ0) is 24.8. The van der Waals surface area contributed by atoms with Gasteiger partial charge in [0.15, 0.2) is 0 Å². The summed E-state index contributed by atoms with van der Waals surface area (Å²) in [6.07, 6.45) is 5.05. The third kappa shape index (κ3) is 6.10. The highest BCUT2D eigenvalue weighted by molar-refractivity contribution is 5.79. The number of carbonyl (C=O) groups is 3. The molecule has 0 bridgehead atoms. The molecule has 2 aliphatic rings. The van der Waals surface area contributed by atoms with Crippen LogP contribution in [0, 0.1) is 11.8 Å². The molecule has 0 spiro atoms. The number of nitrogens with one attached hydrogen (secondary N) is 2. The zero-order valence-corrected chi connectivity index (χ0v) is 19.9. The van der Waals surface area contributed by atoms with Gasteiger partial charge >= 0.3 is 12.1 Å². The van der Waals surface area contributed by atoms with E-state index in [0.717, 1.165) is 0 Å². The molecule has 2 aliphatic carbocycles. The third-order valence-corrected chi connectivity index (χ3v) is 6.83. The molecule has 0 saturated heterocycles. The van der Waals surface area contributed by atoms with Crippen molar-refractivity contribution < 1.29 is 24.2 Å². The quantitative estimate of drug-likeness (QED) is 0.463. The number of allylic oxidation sites excluding steroid dienone is 1. The van der Waals surface area contributed by atoms with E-state index in [1.807, 2.05) is 43.3 Å². The first-order valence-electron chi connectivity index (χ1n) is 12.2. The lowest BCUT2D eigenvalue weighted by molar-refractivity contribution is -0.142. The molecule has 35 heavy (non-hydrogen) atoms. The Morgan fingerprint density at radius 1 is 1.06 bits per heavy atom. The smallest absolute Gasteiger partial charge is 0.407 e. The predicted molar refractivity (Wildman–Crippen MR) is 133 cm³/mol. The number of ether oxygens (including phenoxy) is 1. The van der Waals surface area contributed by atoms with Gasteiger partial charge in [-0.3, -0.25) is 9.59 Å². The second-order valence-corrected chi connectivity index (χ2v) is 9.46. The van der Waals surface area contributed by atoms with Gasteiger partial charge in [-0.15, -0.1) is 0 Å². The van der Waals surface area contributed by atoms with Crippen LogP contribution < -0.4 is 10.6 Å². The van der Waals surface area contributed by atoms with E-state index in [1.165, 1.54) is 22.3 Å². The van der Waals surface area contributed by atoms with Gasteiger partial charge in [0.25, 0.3) is 0 Å². The molecule has 7 nitrogen and oxygen atoms in total. The third-order valence-electron chi connectivity index (χ3n) is 6.83. The van der Waals surface area contributed by atoms with Crippen molar-refractivity contribution in [3.63, 3.8) is 0 Å². The Morgan fingerprint density at radius 3 is 2.37 bits per heavy atom. The second-order valence-electron chi connectivity index (χ2n) is 9.46. The summed E-state index contributed by atoms with van der Waals surface area (Å²) in [5.74, 6) is -1.29. The van der Waals surface area contributed by atoms with E-state index in [9.17, 15) is 14.4 Å². The van der Waals surface area contributed by atoms with Crippen molar-refractivity contribution in [1.82, 2.24) is 10.6 Å². The number of carboxylic acid groups (broad SMARTS) is 1. The summed E-state index contributed by atoms with van der Waals surface area (Å²) in [5.41, 5.74) is 4.71. The van der Waals surface area contributed by atoms with Gasteiger partial charge in [0, 0.05) is 24.9 Å². The lowest BCUT2D eigenvalue weighted by Gasteiger charge is -2.23. The fourth-order valence-electron chi connectivity index (χ4n) is 4.86. The highest BCUT2D eigenvalue weighted by Crippen LogP contribution is 2.44. The average molecular weight is 477 g/mol. The molecule has 7 heteroatoms. The minimum Gasteiger partial charge on any atom is -0.481 e. The largest absolute Gasteiger partial charge is 0.481 e. The molecule has 2 aromatic rings. The zero-order valence-electron chi connectivity index (χ0n) is 19.9. The summed E-state index contributed by atoms with van der Waals surface area (Å²) in [5, 5.41) is 14.9. The fraction of sp³-hybridized carbons (Fsp3) is 0.393. The second kappa shape index (κ2) is 11.2. The minimum absolute atomic E-state index is 0.0174. The lowest BCUT2D eigenvalue weighted by Crippen LogP contribution is -2.38. The van der Waals surface area contributed by atoms with E-state index in [-0.39, 0.29) is 30.4 Å². The molecule has 0 aromatic heterocycles. The average Bonchev–Trinajstić information content (AvgIpc) is 3.19. The molecule has 4 rings (SSSR count). The molecule has 0 saturated carbocycles. The molecule has 2 aromatic carbocycles. The van der Waals surface area contributed by atoms with Crippen LogP contribution in [0.15, 0.2) is 60.7 Å². The minimum atomic E-state index is -0.832. The molecule has 0 radical (unpaired) electrons. The van der Waals surface area contributed by atoms with E-state index in [4.69, 9.17) is 9.84 Å². The molecule has 0 aliphatic heterocycles. The first-order valence-corrected chi connectivity index (χ1v) is 12.2. The maximum Gasteiger partial charge on any atom is 0.407 e. The molecule has 0 heterocycles. The summed E-state index contributed by atoms with van der Waals surface area (Å²) >= 11 is 0. The van der Waals surface area contributed by atoms with Crippen LogP contribution in [0.2, 0.25) is 0 Å². The molecule has 2 amide bonds. The number of rotatable bonds is 9. The molecule has 3 atom stereocenters. The van der Waals surface area contributed by atoms with Crippen LogP contribution in [-0.2, 0) is 14.3 Å². The Bertz CT molecular complexity index is 1070. The summed E-state index contributed by atoms with van der Waals surface area (Å²) in [4.78, 5) is 35.8. The predicted octanol–water partition coefficient (Wildman–Crippen LogP) is 4.48. The summed E-state index contributed by atoms with van der Waals surface area (Å²) < 4.78 is 5.56. The number of hydrogen-bond acceptors (Lipinski definition) is 4. The van der Waals surface area contributed by atoms with Crippen LogP contribution >= 0.6 is 0 Å². The Morgan fingerprint density at radius 2 is 1.71 bits per heavy atom. The van der Waals surface area contributed by atoms with Gasteiger partial charge in [-0.05, 0) is 47.4 Å². The standard InChI is InChI=1S/C28H32N2O5/c1-18(13-14-26(31)30-20-8-6-7-19(15-20)27(32)33)16-29-28(34)35-17-25-23-11-4-2-9-21(23)22-10-3-5-12-24(22)25/h2-6,8-12,18-20,25H,7,13-17H2,1H3,(H,29,34)(H,30,31)(H,32,33)/t18?,19-,20-/m0/s1. The van der Waals surface area contributed by atoms with E-state index in [2.05, 4.69) is 34.9 Å². The monoisotopic (exact) mass is 476 g/mol. The van der Waals surface area contributed by atoms with Crippen molar-refractivity contribution in [3.05, 3.63) is 71.8 Å². The molecule has 1 unspecified atom stereocenters. The van der Waals surface area contributed by atoms with Crippen LogP contribution in [0.4, 0.5) is 4.79 Å². The Kier molecular flexibility index (Phi) is 7.85. The van der Waals surface area contributed by atoms with Gasteiger partial charge in [-0.2, -0.15) is 0 Å². The summed E-state index contributed by atoms with van der Waals surface area (Å²) in [6.45, 7) is 2.65. The Hall–Kier alpha value is -3.61. The number of benzene rings is 2. The number of carboxylic acids is 1. The van der Waals surface area contributed by atoms with Gasteiger partial charge in [0.1, 0.15) is 6.61 Å². The maximum absolute atomic E-state index is 12.3. The van der Waals surface area contributed by atoms with Crippen molar-refractivity contribution >= 4 is 18.0 Å². The van der Waals surface area contributed by atoms with E-state index in [0.29, 0.717) is 32.2 Å². The van der Waals surface area contributed by atoms with Crippen LogP contribution in [-0.4, -0.2) is 42.3 Å². The summed E-state index contributed by atoms with van der Waals surface area (Å²) in [7, 11) is 0. The van der Waals surface area contributed by atoms with Crippen molar-refractivity contribution in [2.24, 2.45) is 11.8 Å². The number of carbonyl (C=O) groups excluding carboxylic acids is 2. The van der Waals surface area contributed by atoms with Crippen LogP contribution in [0.25, 0.3) is 11.1 Å². The van der Waals surface area contributed by atoms with Crippen molar-refractivity contribution in [2.45, 2.75) is 44.6 Å². The van der Waals surface area contributed by atoms with Crippen molar-refractivity contribution in [3.8, 4) is 11.1 Å². The van der Waals surface area contributed by atoms with Crippen molar-refractivity contribution in [2.75, 3.05) is 13.2 Å². The molecular weight excluding hydrogens is 444 g/mol. The number of hydrogen-bond donors (Lipinski definition) is 3. The van der Waals surface area contributed by atoms with Gasteiger partial charge in [0.05, 0.1) is 5.92 Å². The highest BCUT2D eigenvalue weighted by Gasteiger charge is 2.29. The van der Waals surface area contributed by atoms with Crippen LogP contribution in [0.5, 0.6) is 0 Å². The fourth-order valence-corrected chi connectivity index (χ4v) is 4.86. The number of alkyl carbamates (subject to hydrolysis) is 1. The van der Waals surface area contributed by atoms with Gasteiger partial charge in [0.2, 0.25) is 5.91 Å². The first kappa shape index (κ1) is 24.5. The molecular formula is C28H32N2O5. The lowest BCUT2D eigenvalue weighted by atomic mass is 9.91. The Labute approximate surface area is 205 Å². The Balaban J connectivity index is 1.18. The number of aliphatic carboxylic acids is 1. The molecule has 3 N–H and O–H groups in total. The van der Waals surface area contributed by atoms with E-state index >= 15 is 0 Å². The number of fused-ring (bicyclic) bond motifs is 3. The summed E-state index contributed by atoms with van der Waals surface area (Å²) in [6, 6.07) is 16.2. The maximum atomic E-state index is 12.3. The molecule has 184 valence electrons. The van der Waals surface area contributed by atoms with Gasteiger partial charge in [-0.1, -0.05) is 67.6 Å². The van der Waals surface area contributed by atoms with E-state index in [1.54, 1.807) is 0 Å².